The summed E-state index contributed by atoms with van der Waals surface area (Å²) in [5.41, 5.74) is 9.63. The Balaban J connectivity index is 1.21. The van der Waals surface area contributed by atoms with Gasteiger partial charge in [-0.25, -0.2) is 0 Å². The van der Waals surface area contributed by atoms with Gasteiger partial charge in [0.2, 0.25) is 0 Å². The molecule has 0 radical (unpaired) electrons. The van der Waals surface area contributed by atoms with Crippen LogP contribution in [0.2, 0.25) is 0 Å². The van der Waals surface area contributed by atoms with Crippen molar-refractivity contribution in [1.29, 1.82) is 0 Å². The molecule has 0 fully saturated rings. The summed E-state index contributed by atoms with van der Waals surface area (Å²) in [4.78, 5) is 2.36. The molecule has 9 rings (SSSR count). The molecule has 1 nitrogen and oxygen atoms in total. The Morgan fingerprint density at radius 2 is 0.685 bits per heavy atom. The molecule has 0 amide bonds. The van der Waals surface area contributed by atoms with Crippen LogP contribution in [0.4, 0.5) is 17.1 Å². The zero-order chi connectivity index (χ0) is 36.2. The third kappa shape index (κ3) is 6.03. The van der Waals surface area contributed by atoms with E-state index in [2.05, 4.69) is 241 Å². The number of benzene rings is 9. The van der Waals surface area contributed by atoms with Gasteiger partial charge < -0.3 is 4.90 Å². The maximum Gasteiger partial charge on any atom is 0.172 e. The Hall–Kier alpha value is -6.74. The molecule has 0 saturated heterocycles. The van der Waals surface area contributed by atoms with Crippen LogP contribution >= 0.6 is 0 Å². The number of anilines is 3. The van der Waals surface area contributed by atoms with E-state index < -0.39 is 8.07 Å². The zero-order valence-electron chi connectivity index (χ0n) is 30.0. The highest BCUT2D eigenvalue weighted by molar-refractivity contribution is 7.15. The van der Waals surface area contributed by atoms with E-state index in [9.17, 15) is 0 Å². The molecule has 0 bridgehead atoms. The molecule has 9 aromatic carbocycles. The van der Waals surface area contributed by atoms with Crippen molar-refractivity contribution in [2.45, 2.75) is 0 Å². The van der Waals surface area contributed by atoms with E-state index in [1.54, 1.807) is 0 Å². The Labute approximate surface area is 318 Å². The van der Waals surface area contributed by atoms with Crippen LogP contribution in [0.5, 0.6) is 0 Å². The second-order valence-corrected chi connectivity index (χ2v) is 17.4. The van der Waals surface area contributed by atoms with Crippen molar-refractivity contribution in [2.75, 3.05) is 4.90 Å². The Morgan fingerprint density at radius 3 is 1.17 bits per heavy atom. The summed E-state index contributed by atoms with van der Waals surface area (Å²) in [6, 6.07) is 81.5. The summed E-state index contributed by atoms with van der Waals surface area (Å²) >= 11 is 0. The SMILES string of the molecule is C(=C[Si](c1ccccc1)(c1ccccc1)c1ccccc1)c1ccc(-c2ccc(N(c3ccccc3)c3ccccc3)c3ccccc23)c2ccccc12. The smallest absolute Gasteiger partial charge is 0.172 e. The molecule has 0 unspecified atom stereocenters. The number of fused-ring (bicyclic) bond motifs is 2. The Bertz CT molecular complexity index is 2550. The molecule has 0 atom stereocenters. The van der Waals surface area contributed by atoms with E-state index in [4.69, 9.17) is 0 Å². The molecule has 2 heteroatoms. The molecule has 256 valence electrons. The lowest BCUT2D eigenvalue weighted by atomic mass is 9.91. The van der Waals surface area contributed by atoms with E-state index in [1.165, 1.54) is 53.8 Å². The fourth-order valence-electron chi connectivity index (χ4n) is 8.10. The predicted octanol–water partition coefficient (Wildman–Crippen LogP) is 11.9. The molecule has 54 heavy (non-hydrogen) atoms. The first-order valence-electron chi connectivity index (χ1n) is 18.6. The summed E-state index contributed by atoms with van der Waals surface area (Å²) in [7, 11) is -2.57. The van der Waals surface area contributed by atoms with Gasteiger partial charge in [-0.1, -0.05) is 206 Å². The average Bonchev–Trinajstić information content (AvgIpc) is 3.26. The average molecular weight is 706 g/mol. The van der Waals surface area contributed by atoms with Crippen LogP contribution in [0.3, 0.4) is 0 Å². The maximum absolute atomic E-state index is 2.57. The lowest BCUT2D eigenvalue weighted by Crippen LogP contribution is -2.66. The quantitative estimate of drug-likeness (QED) is 0.107. The molecule has 0 aliphatic heterocycles. The van der Waals surface area contributed by atoms with Gasteiger partial charge in [-0.2, -0.15) is 0 Å². The fraction of sp³-hybridized carbons (Fsp3) is 0. The van der Waals surface area contributed by atoms with E-state index >= 15 is 0 Å². The van der Waals surface area contributed by atoms with Crippen molar-refractivity contribution >= 4 is 68.3 Å². The molecule has 0 spiro atoms. The zero-order valence-corrected chi connectivity index (χ0v) is 31.0. The summed E-state index contributed by atoms with van der Waals surface area (Å²) in [5.74, 6) is 0. The molecule has 0 aromatic heterocycles. The molecule has 9 aromatic rings. The highest BCUT2D eigenvalue weighted by Gasteiger charge is 2.36. The first-order chi connectivity index (χ1) is 26.8. The normalized spacial score (nSPS) is 11.6. The lowest BCUT2D eigenvalue weighted by molar-refractivity contribution is 1.30. The van der Waals surface area contributed by atoms with Crippen molar-refractivity contribution in [2.24, 2.45) is 0 Å². The third-order valence-electron chi connectivity index (χ3n) is 10.6. The molecular formula is C52H39NSi. The van der Waals surface area contributed by atoms with Crippen LogP contribution in [0.25, 0.3) is 38.7 Å². The van der Waals surface area contributed by atoms with Gasteiger partial charge in [0.15, 0.2) is 8.07 Å². The topological polar surface area (TPSA) is 3.24 Å². The van der Waals surface area contributed by atoms with Gasteiger partial charge in [-0.05, 0) is 78.7 Å². The van der Waals surface area contributed by atoms with Gasteiger partial charge >= 0.3 is 0 Å². The minimum absolute atomic E-state index is 1.13. The van der Waals surface area contributed by atoms with Crippen LogP contribution < -0.4 is 20.5 Å². The highest BCUT2D eigenvalue weighted by atomic mass is 28.3. The van der Waals surface area contributed by atoms with Crippen LogP contribution in [-0.2, 0) is 0 Å². The van der Waals surface area contributed by atoms with Crippen molar-refractivity contribution < 1.29 is 0 Å². The number of nitrogens with zero attached hydrogens (tertiary/aromatic N) is 1. The standard InChI is InChI=1S/C52H39NSi/c1-6-20-41(21-7-1)53(42-22-8-2-9-23-42)52-37-36-50(48-32-18-19-33-51(48)52)49-35-34-40(46-30-16-17-31-47(46)49)38-39-54(43-24-10-3-11-25-43,44-26-12-4-13-27-44)45-28-14-5-15-29-45/h1-39H. The summed E-state index contributed by atoms with van der Waals surface area (Å²) in [6.45, 7) is 0. The highest BCUT2D eigenvalue weighted by Crippen LogP contribution is 2.43. The largest absolute Gasteiger partial charge is 0.310 e. The lowest BCUT2D eigenvalue weighted by Gasteiger charge is -2.31. The van der Waals surface area contributed by atoms with Crippen molar-refractivity contribution in [3.05, 3.63) is 236 Å². The second-order valence-electron chi connectivity index (χ2n) is 13.7. The molecule has 0 aliphatic carbocycles. The van der Waals surface area contributed by atoms with Crippen LogP contribution in [0.1, 0.15) is 5.56 Å². The molecule has 0 saturated carbocycles. The monoisotopic (exact) mass is 705 g/mol. The Morgan fingerprint density at radius 1 is 0.315 bits per heavy atom. The van der Waals surface area contributed by atoms with E-state index in [0.717, 1.165) is 17.1 Å². The fourth-order valence-corrected chi connectivity index (χ4v) is 12.3. The van der Waals surface area contributed by atoms with Crippen LogP contribution in [-0.4, -0.2) is 8.07 Å². The van der Waals surface area contributed by atoms with Crippen molar-refractivity contribution in [3.8, 4) is 11.1 Å². The van der Waals surface area contributed by atoms with E-state index in [1.807, 2.05) is 0 Å². The van der Waals surface area contributed by atoms with Gasteiger partial charge in [0, 0.05) is 16.8 Å². The van der Waals surface area contributed by atoms with Crippen molar-refractivity contribution in [1.82, 2.24) is 0 Å². The molecule has 0 heterocycles. The summed E-state index contributed by atoms with van der Waals surface area (Å²) in [5, 5.41) is 9.02. The number of para-hydroxylation sites is 2. The van der Waals surface area contributed by atoms with E-state index in [-0.39, 0.29) is 0 Å². The van der Waals surface area contributed by atoms with Gasteiger partial charge in [0.1, 0.15) is 0 Å². The summed E-state index contributed by atoms with van der Waals surface area (Å²) in [6.07, 6.45) is 2.39. The molecular weight excluding hydrogens is 667 g/mol. The van der Waals surface area contributed by atoms with Crippen LogP contribution in [0.15, 0.2) is 230 Å². The minimum Gasteiger partial charge on any atom is -0.310 e. The number of hydrogen-bond donors (Lipinski definition) is 0. The van der Waals surface area contributed by atoms with Crippen LogP contribution in [0, 0.1) is 0 Å². The number of rotatable bonds is 9. The van der Waals surface area contributed by atoms with Crippen molar-refractivity contribution in [3.63, 3.8) is 0 Å². The first-order valence-corrected chi connectivity index (χ1v) is 20.7. The third-order valence-corrected chi connectivity index (χ3v) is 15.0. The second kappa shape index (κ2) is 14.7. The summed E-state index contributed by atoms with van der Waals surface area (Å²) < 4.78 is 0. The predicted molar refractivity (Wildman–Crippen MR) is 235 cm³/mol. The molecule has 0 N–H and O–H groups in total. The first kappa shape index (κ1) is 33.1. The maximum atomic E-state index is 2.54. The minimum atomic E-state index is -2.57. The molecule has 0 aliphatic rings. The van der Waals surface area contributed by atoms with Gasteiger partial charge in [0.25, 0.3) is 0 Å². The number of hydrogen-bond acceptors (Lipinski definition) is 1. The van der Waals surface area contributed by atoms with Gasteiger partial charge in [-0.15, -0.1) is 0 Å². The van der Waals surface area contributed by atoms with Gasteiger partial charge in [-0.3, -0.25) is 0 Å². The van der Waals surface area contributed by atoms with E-state index in [0.29, 0.717) is 0 Å². The van der Waals surface area contributed by atoms with Gasteiger partial charge in [0.05, 0.1) is 5.69 Å². The Kier molecular flexibility index (Phi) is 9.02.